The molecule has 0 spiro atoms. The Morgan fingerprint density at radius 3 is 2.65 bits per heavy atom. The summed E-state index contributed by atoms with van der Waals surface area (Å²) in [4.78, 5) is 28.3. The van der Waals surface area contributed by atoms with E-state index in [-0.39, 0.29) is 5.91 Å². The van der Waals surface area contributed by atoms with Gasteiger partial charge >= 0.3 is 0 Å². The van der Waals surface area contributed by atoms with E-state index in [2.05, 4.69) is 48.0 Å². The lowest BCUT2D eigenvalue weighted by atomic mass is 10.2. The van der Waals surface area contributed by atoms with Crippen LogP contribution in [0.3, 0.4) is 0 Å². The SMILES string of the molecule is CCN1C(=O)/C(=C\C=C2/Sc3ccc(OC)cc3N2CC)S/C1=N\c1nc2ccc(C)cc2s1. The molecule has 0 atom stereocenters. The van der Waals surface area contributed by atoms with Gasteiger partial charge in [-0.3, -0.25) is 9.69 Å². The number of hydrogen-bond donors (Lipinski definition) is 0. The van der Waals surface area contributed by atoms with Crippen LogP contribution in [-0.2, 0) is 4.79 Å². The molecule has 1 fully saturated rings. The lowest BCUT2D eigenvalue weighted by molar-refractivity contribution is -0.122. The molecule has 0 unspecified atom stereocenters. The molecule has 34 heavy (non-hydrogen) atoms. The zero-order chi connectivity index (χ0) is 23.8. The number of fused-ring (bicyclic) bond motifs is 2. The van der Waals surface area contributed by atoms with Crippen molar-refractivity contribution >= 4 is 67.0 Å². The van der Waals surface area contributed by atoms with Crippen molar-refractivity contribution in [2.45, 2.75) is 25.7 Å². The predicted molar refractivity (Wildman–Crippen MR) is 144 cm³/mol. The summed E-state index contributed by atoms with van der Waals surface area (Å²) in [6.45, 7) is 7.54. The number of carbonyl (C=O) groups is 1. The number of likely N-dealkylation sites (N-methyl/N-ethyl adjacent to an activating group) is 1. The topological polar surface area (TPSA) is 58.0 Å². The summed E-state index contributed by atoms with van der Waals surface area (Å²) in [7, 11) is 1.68. The first-order valence-electron chi connectivity index (χ1n) is 11.0. The maximum atomic E-state index is 13.1. The van der Waals surface area contributed by atoms with Crippen molar-refractivity contribution in [3.8, 4) is 5.75 Å². The van der Waals surface area contributed by atoms with Gasteiger partial charge in [0, 0.05) is 24.1 Å². The summed E-state index contributed by atoms with van der Waals surface area (Å²) < 4.78 is 6.50. The van der Waals surface area contributed by atoms with Crippen LogP contribution in [0.1, 0.15) is 19.4 Å². The molecule has 0 saturated carbocycles. The Kier molecular flexibility index (Phi) is 6.42. The number of amides is 1. The summed E-state index contributed by atoms with van der Waals surface area (Å²) >= 11 is 4.65. The monoisotopic (exact) mass is 508 g/mol. The van der Waals surface area contributed by atoms with E-state index in [0.717, 1.165) is 33.2 Å². The van der Waals surface area contributed by atoms with E-state index in [4.69, 9.17) is 9.73 Å². The summed E-state index contributed by atoms with van der Waals surface area (Å²) in [6, 6.07) is 12.3. The third-order valence-corrected chi connectivity index (χ3v) is 8.63. The van der Waals surface area contributed by atoms with Crippen LogP contribution in [0.4, 0.5) is 10.8 Å². The molecule has 0 N–H and O–H groups in total. The number of anilines is 1. The highest BCUT2D eigenvalue weighted by Crippen LogP contribution is 2.47. The number of thiazole rings is 1. The molecule has 0 aliphatic carbocycles. The summed E-state index contributed by atoms with van der Waals surface area (Å²) in [6.07, 6.45) is 3.94. The number of rotatable bonds is 5. The molecule has 6 nitrogen and oxygen atoms in total. The van der Waals surface area contributed by atoms with Crippen molar-refractivity contribution in [3.63, 3.8) is 0 Å². The van der Waals surface area contributed by atoms with Crippen molar-refractivity contribution in [2.75, 3.05) is 25.1 Å². The number of ether oxygens (including phenoxy) is 1. The second-order valence-corrected chi connectivity index (χ2v) is 10.8. The lowest BCUT2D eigenvalue weighted by Gasteiger charge is -2.18. The first-order valence-corrected chi connectivity index (χ1v) is 13.5. The highest BCUT2D eigenvalue weighted by Gasteiger charge is 2.32. The normalized spacial score (nSPS) is 19.3. The zero-order valence-corrected chi connectivity index (χ0v) is 21.8. The van der Waals surface area contributed by atoms with Crippen molar-refractivity contribution < 1.29 is 9.53 Å². The molecule has 2 aliphatic heterocycles. The van der Waals surface area contributed by atoms with Crippen LogP contribution in [0.25, 0.3) is 10.2 Å². The average Bonchev–Trinajstić information content (AvgIpc) is 3.49. The molecule has 1 saturated heterocycles. The molecule has 2 aliphatic rings. The summed E-state index contributed by atoms with van der Waals surface area (Å²) in [5, 5.41) is 2.43. The largest absolute Gasteiger partial charge is 0.497 e. The van der Waals surface area contributed by atoms with Crippen molar-refractivity contribution in [3.05, 3.63) is 64.0 Å². The zero-order valence-electron chi connectivity index (χ0n) is 19.4. The lowest BCUT2D eigenvalue weighted by Crippen LogP contribution is -2.28. The van der Waals surface area contributed by atoms with Crippen molar-refractivity contribution in [2.24, 2.45) is 4.99 Å². The Morgan fingerprint density at radius 2 is 1.88 bits per heavy atom. The fourth-order valence-corrected chi connectivity index (χ4v) is 6.93. The van der Waals surface area contributed by atoms with Gasteiger partial charge in [0.05, 0.1) is 32.9 Å². The minimum Gasteiger partial charge on any atom is -0.497 e. The van der Waals surface area contributed by atoms with Crippen LogP contribution >= 0.6 is 34.9 Å². The predicted octanol–water partition coefficient (Wildman–Crippen LogP) is 6.55. The Balaban J connectivity index is 1.43. The van der Waals surface area contributed by atoms with E-state index in [1.165, 1.54) is 22.2 Å². The van der Waals surface area contributed by atoms with Gasteiger partial charge in [0.15, 0.2) is 5.17 Å². The minimum atomic E-state index is -0.0229. The van der Waals surface area contributed by atoms with Crippen LogP contribution in [-0.4, -0.2) is 41.2 Å². The van der Waals surface area contributed by atoms with Crippen LogP contribution in [0.15, 0.2) is 68.4 Å². The third kappa shape index (κ3) is 4.23. The molecule has 0 radical (unpaired) electrons. The van der Waals surface area contributed by atoms with Crippen LogP contribution in [0.5, 0.6) is 5.75 Å². The highest BCUT2D eigenvalue weighted by molar-refractivity contribution is 8.18. The molecule has 1 aromatic heterocycles. The number of nitrogens with zero attached hydrogens (tertiary/aromatic N) is 4. The number of aromatic nitrogens is 1. The third-order valence-electron chi connectivity index (χ3n) is 5.56. The van der Waals surface area contributed by atoms with Gasteiger partial charge in [0.2, 0.25) is 5.13 Å². The van der Waals surface area contributed by atoms with Gasteiger partial charge in [-0.05, 0) is 74.5 Å². The Hall–Kier alpha value is -2.75. The standard InChI is InChI=1S/C25H24N4O2S3/c1-5-28-18-14-16(31-4)8-10-19(18)32-22(28)12-11-20-23(30)29(6-2)25(34-20)27-24-26-17-9-7-15(3)13-21(17)33-24/h7-14H,5-6H2,1-4H3/b20-11+,22-12-,27-25-. The fourth-order valence-electron chi connectivity index (χ4n) is 3.84. The second kappa shape index (κ2) is 9.48. The number of aliphatic imine (C=N–C) groups is 1. The van der Waals surface area contributed by atoms with E-state index in [1.807, 2.05) is 31.2 Å². The van der Waals surface area contributed by atoms with Gasteiger partial charge in [-0.1, -0.05) is 29.2 Å². The molecule has 3 aromatic rings. The molecule has 3 heterocycles. The quantitative estimate of drug-likeness (QED) is 0.364. The summed E-state index contributed by atoms with van der Waals surface area (Å²) in [5.41, 5.74) is 3.26. The number of carbonyl (C=O) groups excluding carboxylic acids is 1. The molecule has 174 valence electrons. The van der Waals surface area contributed by atoms with Gasteiger partial charge in [-0.2, -0.15) is 4.99 Å². The number of aryl methyl sites for hydroxylation is 1. The number of benzene rings is 2. The smallest absolute Gasteiger partial charge is 0.266 e. The Bertz CT molecular complexity index is 1380. The van der Waals surface area contributed by atoms with Gasteiger partial charge in [0.25, 0.3) is 5.91 Å². The summed E-state index contributed by atoms with van der Waals surface area (Å²) in [5.74, 6) is 0.814. The van der Waals surface area contributed by atoms with Gasteiger partial charge in [-0.25, -0.2) is 4.98 Å². The van der Waals surface area contributed by atoms with Gasteiger partial charge < -0.3 is 9.64 Å². The molecule has 0 bridgehead atoms. The number of methoxy groups -OCH3 is 1. The molecule has 9 heteroatoms. The highest BCUT2D eigenvalue weighted by atomic mass is 32.2. The fraction of sp³-hybridized carbons (Fsp3) is 0.240. The molecular formula is C25H24N4O2S3. The van der Waals surface area contributed by atoms with E-state index < -0.39 is 0 Å². The van der Waals surface area contributed by atoms with Crippen LogP contribution in [0.2, 0.25) is 0 Å². The van der Waals surface area contributed by atoms with E-state index in [0.29, 0.717) is 21.7 Å². The Labute approximate surface area is 211 Å². The van der Waals surface area contributed by atoms with Gasteiger partial charge in [-0.15, -0.1) is 0 Å². The average molecular weight is 509 g/mol. The molecular weight excluding hydrogens is 485 g/mol. The Morgan fingerprint density at radius 1 is 1.06 bits per heavy atom. The number of amidine groups is 1. The van der Waals surface area contributed by atoms with Crippen molar-refractivity contribution in [1.82, 2.24) is 9.88 Å². The maximum absolute atomic E-state index is 13.1. The second-order valence-electron chi connectivity index (χ2n) is 7.73. The molecule has 5 rings (SSSR count). The number of allylic oxidation sites excluding steroid dienone is 2. The maximum Gasteiger partial charge on any atom is 0.266 e. The number of thioether (sulfide) groups is 2. The van der Waals surface area contributed by atoms with Crippen molar-refractivity contribution in [1.29, 1.82) is 0 Å². The molecule has 2 aromatic carbocycles. The first kappa shape index (κ1) is 23.0. The van der Waals surface area contributed by atoms with Gasteiger partial charge in [0.1, 0.15) is 5.75 Å². The van der Waals surface area contributed by atoms with E-state index >= 15 is 0 Å². The van der Waals surface area contributed by atoms with E-state index in [1.54, 1.807) is 35.1 Å². The van der Waals surface area contributed by atoms with Crippen LogP contribution < -0.4 is 9.64 Å². The van der Waals surface area contributed by atoms with Crippen LogP contribution in [0, 0.1) is 6.92 Å². The first-order chi connectivity index (χ1) is 16.5. The number of hydrogen-bond acceptors (Lipinski definition) is 8. The minimum absolute atomic E-state index is 0.0229. The molecule has 1 amide bonds. The van der Waals surface area contributed by atoms with E-state index in [9.17, 15) is 4.79 Å².